The first-order valence-electron chi connectivity index (χ1n) is 10.4. The number of benzene rings is 3. The number of carbonyl (C=O) groups excluding carboxylic acids is 1. The van der Waals surface area contributed by atoms with Gasteiger partial charge in [-0.05, 0) is 55.3 Å². The van der Waals surface area contributed by atoms with Gasteiger partial charge in [-0.1, -0.05) is 60.1 Å². The molecule has 162 valence electrons. The molecule has 0 spiro atoms. The Balaban J connectivity index is 1.62. The number of ether oxygens (including phenoxy) is 2. The molecule has 1 heterocycles. The molecule has 0 atom stereocenters. The van der Waals surface area contributed by atoms with Gasteiger partial charge in [-0.2, -0.15) is 10.1 Å². The minimum Gasteiger partial charge on any atom is -0.490 e. The van der Waals surface area contributed by atoms with E-state index in [9.17, 15) is 4.79 Å². The van der Waals surface area contributed by atoms with Gasteiger partial charge in [0.2, 0.25) is 0 Å². The number of para-hydroxylation sites is 1. The van der Waals surface area contributed by atoms with Crippen molar-refractivity contribution >= 4 is 35.0 Å². The molecule has 0 N–H and O–H groups in total. The average Bonchev–Trinajstić information content (AvgIpc) is 3.08. The van der Waals surface area contributed by atoms with E-state index < -0.39 is 0 Å². The van der Waals surface area contributed by atoms with E-state index in [0.29, 0.717) is 41.0 Å². The van der Waals surface area contributed by atoms with Crippen LogP contribution in [0.25, 0.3) is 6.08 Å². The van der Waals surface area contributed by atoms with E-state index in [4.69, 9.17) is 21.1 Å². The molecule has 3 aromatic carbocycles. The fourth-order valence-corrected chi connectivity index (χ4v) is 3.67. The monoisotopic (exact) mass is 446 g/mol. The van der Waals surface area contributed by atoms with Gasteiger partial charge >= 0.3 is 0 Å². The molecule has 1 aliphatic rings. The Morgan fingerprint density at radius 2 is 1.69 bits per heavy atom. The number of hydrazone groups is 1. The molecule has 0 saturated carbocycles. The van der Waals surface area contributed by atoms with E-state index in [2.05, 4.69) is 5.10 Å². The molecule has 5 nitrogen and oxygen atoms in total. The first kappa shape index (κ1) is 21.7. The molecule has 6 heteroatoms. The number of amides is 1. The maximum atomic E-state index is 13.0. The van der Waals surface area contributed by atoms with Crippen molar-refractivity contribution in [3.8, 4) is 11.5 Å². The number of nitrogens with zero attached hydrogens (tertiary/aromatic N) is 2. The van der Waals surface area contributed by atoms with Crippen LogP contribution in [0.2, 0.25) is 5.02 Å². The summed E-state index contributed by atoms with van der Waals surface area (Å²) in [5.74, 6) is 0.823. The molecular weight excluding hydrogens is 424 g/mol. The van der Waals surface area contributed by atoms with Crippen molar-refractivity contribution in [3.05, 3.63) is 94.5 Å². The third-order valence-corrected chi connectivity index (χ3v) is 5.21. The molecule has 0 unspecified atom stereocenters. The Morgan fingerprint density at radius 3 is 2.38 bits per heavy atom. The van der Waals surface area contributed by atoms with E-state index in [-0.39, 0.29) is 5.91 Å². The van der Waals surface area contributed by atoms with E-state index in [1.165, 1.54) is 5.01 Å². The van der Waals surface area contributed by atoms with Crippen LogP contribution in [-0.4, -0.2) is 18.2 Å². The van der Waals surface area contributed by atoms with Crippen LogP contribution in [0.5, 0.6) is 11.5 Å². The van der Waals surface area contributed by atoms with Gasteiger partial charge < -0.3 is 9.47 Å². The zero-order valence-electron chi connectivity index (χ0n) is 17.9. The zero-order chi connectivity index (χ0) is 22.5. The van der Waals surface area contributed by atoms with Crippen LogP contribution in [0.4, 0.5) is 5.69 Å². The summed E-state index contributed by atoms with van der Waals surface area (Å²) >= 11 is 6.56. The minimum atomic E-state index is -0.188. The normalized spacial score (nSPS) is 14.6. The highest BCUT2D eigenvalue weighted by Crippen LogP contribution is 2.38. The third kappa shape index (κ3) is 4.68. The van der Waals surface area contributed by atoms with Crippen LogP contribution < -0.4 is 14.5 Å². The highest BCUT2D eigenvalue weighted by Gasteiger charge is 2.28. The first-order chi connectivity index (χ1) is 15.6. The summed E-state index contributed by atoms with van der Waals surface area (Å²) in [6, 6.07) is 22.8. The van der Waals surface area contributed by atoms with Crippen molar-refractivity contribution < 1.29 is 14.3 Å². The summed E-state index contributed by atoms with van der Waals surface area (Å²) in [7, 11) is 0. The van der Waals surface area contributed by atoms with Crippen molar-refractivity contribution in [1.82, 2.24) is 0 Å². The lowest BCUT2D eigenvalue weighted by Gasteiger charge is -2.15. The molecule has 0 aliphatic carbocycles. The molecule has 1 aliphatic heterocycles. The molecule has 0 bridgehead atoms. The third-order valence-electron chi connectivity index (χ3n) is 4.93. The zero-order valence-corrected chi connectivity index (χ0v) is 18.7. The second-order valence-corrected chi connectivity index (χ2v) is 7.64. The van der Waals surface area contributed by atoms with Crippen LogP contribution in [0.1, 0.15) is 25.0 Å². The molecule has 0 aromatic heterocycles. The number of halogens is 1. The fourth-order valence-electron chi connectivity index (χ4n) is 3.40. The molecule has 1 amide bonds. The van der Waals surface area contributed by atoms with Gasteiger partial charge in [-0.3, -0.25) is 4.79 Å². The largest absolute Gasteiger partial charge is 0.490 e. The SMILES string of the molecule is CCOc1cc(/C=C2/C(=O)N(c3ccccc3)N=C2C)cc(Cl)c1OCc1ccccc1. The van der Waals surface area contributed by atoms with Crippen molar-refractivity contribution in [2.24, 2.45) is 5.10 Å². The molecule has 0 radical (unpaired) electrons. The van der Waals surface area contributed by atoms with E-state index >= 15 is 0 Å². The van der Waals surface area contributed by atoms with E-state index in [0.717, 1.165) is 16.8 Å². The van der Waals surface area contributed by atoms with Gasteiger partial charge in [0.15, 0.2) is 11.5 Å². The number of carbonyl (C=O) groups is 1. The maximum absolute atomic E-state index is 13.0. The highest BCUT2D eigenvalue weighted by molar-refractivity contribution is 6.33. The van der Waals surface area contributed by atoms with Gasteiger partial charge in [0, 0.05) is 0 Å². The summed E-state index contributed by atoms with van der Waals surface area (Å²) in [5, 5.41) is 6.24. The highest BCUT2D eigenvalue weighted by atomic mass is 35.5. The van der Waals surface area contributed by atoms with Crippen molar-refractivity contribution in [3.63, 3.8) is 0 Å². The second-order valence-electron chi connectivity index (χ2n) is 7.23. The molecule has 3 aromatic rings. The number of hydrogen-bond donors (Lipinski definition) is 0. The minimum absolute atomic E-state index is 0.188. The van der Waals surface area contributed by atoms with E-state index in [1.54, 1.807) is 12.1 Å². The number of rotatable bonds is 7. The van der Waals surface area contributed by atoms with Crippen molar-refractivity contribution in [2.45, 2.75) is 20.5 Å². The lowest BCUT2D eigenvalue weighted by molar-refractivity contribution is -0.114. The maximum Gasteiger partial charge on any atom is 0.280 e. The molecule has 32 heavy (non-hydrogen) atoms. The summed E-state index contributed by atoms with van der Waals surface area (Å²) in [4.78, 5) is 13.0. The topological polar surface area (TPSA) is 51.1 Å². The van der Waals surface area contributed by atoms with Gasteiger partial charge in [-0.25, -0.2) is 0 Å². The molecule has 4 rings (SSSR count). The Bertz CT molecular complexity index is 1170. The fraction of sp³-hybridized carbons (Fsp3) is 0.154. The van der Waals surface area contributed by atoms with Crippen LogP contribution in [-0.2, 0) is 11.4 Å². The second kappa shape index (κ2) is 9.71. The standard InChI is InChI=1S/C26H23ClN2O3/c1-3-31-24-16-20(15-23(27)25(24)32-17-19-10-6-4-7-11-19)14-22-18(2)28-29(26(22)30)21-12-8-5-9-13-21/h4-16H,3,17H2,1-2H3/b22-14+. The molecule has 0 saturated heterocycles. The summed E-state index contributed by atoms with van der Waals surface area (Å²) in [6.07, 6.45) is 1.78. The summed E-state index contributed by atoms with van der Waals surface area (Å²) in [6.45, 7) is 4.54. The van der Waals surface area contributed by atoms with Gasteiger partial charge in [0.1, 0.15) is 6.61 Å². The first-order valence-corrected chi connectivity index (χ1v) is 10.7. The van der Waals surface area contributed by atoms with Gasteiger partial charge in [0.25, 0.3) is 5.91 Å². The molecule has 0 fully saturated rings. The summed E-state index contributed by atoms with van der Waals surface area (Å²) < 4.78 is 11.8. The Morgan fingerprint density at radius 1 is 1.00 bits per heavy atom. The Hall–Kier alpha value is -3.57. The van der Waals surface area contributed by atoms with Crippen LogP contribution >= 0.6 is 11.6 Å². The number of anilines is 1. The molecular formula is C26H23ClN2O3. The quantitative estimate of drug-likeness (QED) is 0.410. The van der Waals surface area contributed by atoms with Crippen LogP contribution in [0.15, 0.2) is 83.5 Å². The van der Waals surface area contributed by atoms with Crippen molar-refractivity contribution in [2.75, 3.05) is 11.6 Å². The summed E-state index contributed by atoms with van der Waals surface area (Å²) in [5.41, 5.74) is 3.63. The van der Waals surface area contributed by atoms with Crippen LogP contribution in [0.3, 0.4) is 0 Å². The van der Waals surface area contributed by atoms with Crippen LogP contribution in [0, 0.1) is 0 Å². The lowest BCUT2D eigenvalue weighted by Crippen LogP contribution is -2.21. The van der Waals surface area contributed by atoms with E-state index in [1.807, 2.05) is 80.6 Å². The van der Waals surface area contributed by atoms with Gasteiger partial charge in [0.05, 0.1) is 28.6 Å². The average molecular weight is 447 g/mol. The smallest absolute Gasteiger partial charge is 0.280 e. The number of hydrogen-bond acceptors (Lipinski definition) is 4. The van der Waals surface area contributed by atoms with Crippen molar-refractivity contribution in [1.29, 1.82) is 0 Å². The Labute approximate surface area is 192 Å². The van der Waals surface area contributed by atoms with Gasteiger partial charge in [-0.15, -0.1) is 0 Å². The lowest BCUT2D eigenvalue weighted by atomic mass is 10.1. The predicted octanol–water partition coefficient (Wildman–Crippen LogP) is 6.12. The Kier molecular flexibility index (Phi) is 6.57. The predicted molar refractivity (Wildman–Crippen MR) is 128 cm³/mol.